The Kier molecular flexibility index (Phi) is 2.52. The molecule has 5 heteroatoms. The molecule has 1 unspecified atom stereocenters. The number of rotatable bonds is 3. The van der Waals surface area contributed by atoms with E-state index in [0.29, 0.717) is 6.54 Å². The number of carboxylic acids is 1. The second-order valence-corrected chi connectivity index (χ2v) is 2.73. The first-order valence-electron chi connectivity index (χ1n) is 3.94. The molecule has 1 aliphatic heterocycles. The van der Waals surface area contributed by atoms with Gasteiger partial charge in [-0.15, -0.1) is 0 Å². The van der Waals surface area contributed by atoms with Crippen LogP contribution in [0.15, 0.2) is 0 Å². The summed E-state index contributed by atoms with van der Waals surface area (Å²) in [6.07, 6.45) is 0.775. The largest absolute Gasteiger partial charge is 0.480 e. The van der Waals surface area contributed by atoms with Gasteiger partial charge in [0.1, 0.15) is 6.04 Å². The maximum absolute atomic E-state index is 11.0. The molecule has 0 aromatic rings. The fraction of sp³-hybridized carbons (Fsp3) is 0.714. The van der Waals surface area contributed by atoms with Crippen LogP contribution >= 0.6 is 0 Å². The van der Waals surface area contributed by atoms with Gasteiger partial charge in [0.25, 0.3) is 0 Å². The Morgan fingerprint density at radius 3 is 3.00 bits per heavy atom. The van der Waals surface area contributed by atoms with Gasteiger partial charge in [0.05, 0.1) is 6.54 Å². The highest BCUT2D eigenvalue weighted by Gasteiger charge is 2.34. The number of aliphatic carboxylic acids is 1. The molecule has 0 aromatic carbocycles. The molecule has 5 nitrogen and oxygen atoms in total. The van der Waals surface area contributed by atoms with Crippen LogP contribution in [0.25, 0.3) is 0 Å². The molecular formula is C7H12N2O3. The van der Waals surface area contributed by atoms with E-state index in [1.54, 1.807) is 0 Å². The van der Waals surface area contributed by atoms with E-state index in [0.717, 1.165) is 6.42 Å². The fourth-order valence-electron chi connectivity index (χ4n) is 1.26. The molecule has 1 heterocycles. The molecule has 0 radical (unpaired) electrons. The summed E-state index contributed by atoms with van der Waals surface area (Å²) in [6.45, 7) is 2.63. The molecule has 68 valence electrons. The van der Waals surface area contributed by atoms with Gasteiger partial charge in [-0.05, 0) is 6.42 Å². The highest BCUT2D eigenvalue weighted by Crippen LogP contribution is 2.07. The Hall–Kier alpha value is -1.26. The maximum Gasteiger partial charge on any atom is 0.328 e. The zero-order valence-electron chi connectivity index (χ0n) is 6.91. The van der Waals surface area contributed by atoms with E-state index in [4.69, 9.17) is 5.11 Å². The molecule has 1 atom stereocenters. The van der Waals surface area contributed by atoms with Crippen LogP contribution in [0.5, 0.6) is 0 Å². The van der Waals surface area contributed by atoms with Gasteiger partial charge < -0.3 is 15.3 Å². The molecule has 0 aromatic heterocycles. The molecular weight excluding hydrogens is 160 g/mol. The molecule has 0 aliphatic carbocycles. The molecule has 2 N–H and O–H groups in total. The molecule has 1 saturated heterocycles. The molecule has 12 heavy (non-hydrogen) atoms. The highest BCUT2D eigenvalue weighted by molar-refractivity contribution is 5.86. The van der Waals surface area contributed by atoms with Crippen LogP contribution in [0.2, 0.25) is 0 Å². The third kappa shape index (κ3) is 1.49. The second-order valence-electron chi connectivity index (χ2n) is 2.73. The minimum Gasteiger partial charge on any atom is -0.480 e. The first-order valence-corrected chi connectivity index (χ1v) is 3.94. The number of amides is 2. The van der Waals surface area contributed by atoms with Crippen LogP contribution in [0.4, 0.5) is 4.79 Å². The molecule has 1 rings (SSSR count). The number of carbonyl (C=O) groups is 2. The second kappa shape index (κ2) is 3.42. The van der Waals surface area contributed by atoms with Crippen molar-refractivity contribution in [3.63, 3.8) is 0 Å². The van der Waals surface area contributed by atoms with Crippen molar-refractivity contribution >= 4 is 12.0 Å². The van der Waals surface area contributed by atoms with Crippen LogP contribution in [0, 0.1) is 0 Å². The number of urea groups is 1. The van der Waals surface area contributed by atoms with Crippen molar-refractivity contribution in [2.75, 3.05) is 13.1 Å². The third-order valence-corrected chi connectivity index (χ3v) is 1.83. The zero-order chi connectivity index (χ0) is 9.14. The van der Waals surface area contributed by atoms with E-state index in [1.807, 2.05) is 6.92 Å². The fourth-order valence-corrected chi connectivity index (χ4v) is 1.26. The summed E-state index contributed by atoms with van der Waals surface area (Å²) in [7, 11) is 0. The number of carboxylic acid groups (broad SMARTS) is 1. The summed E-state index contributed by atoms with van der Waals surface area (Å²) in [6, 6.07) is -0.957. The number of nitrogens with zero attached hydrogens (tertiary/aromatic N) is 1. The Bertz CT molecular complexity index is 205. The summed E-state index contributed by atoms with van der Waals surface area (Å²) in [4.78, 5) is 23.0. The van der Waals surface area contributed by atoms with Crippen molar-refractivity contribution < 1.29 is 14.7 Å². The van der Waals surface area contributed by atoms with Crippen molar-refractivity contribution in [3.05, 3.63) is 0 Å². The summed E-state index contributed by atoms with van der Waals surface area (Å²) >= 11 is 0. The summed E-state index contributed by atoms with van der Waals surface area (Å²) in [5, 5.41) is 11.2. The standard InChI is InChI=1S/C7H12N2O3/c1-2-3-9-5(6(10)11)4-8-7(9)12/h5H,2-4H2,1H3,(H,8,12)(H,10,11). The first kappa shape index (κ1) is 8.83. The Morgan fingerprint density at radius 1 is 1.83 bits per heavy atom. The summed E-state index contributed by atoms with van der Waals surface area (Å²) in [5.74, 6) is -0.943. The Morgan fingerprint density at radius 2 is 2.50 bits per heavy atom. The molecule has 1 aliphatic rings. The van der Waals surface area contributed by atoms with Gasteiger partial charge in [0.2, 0.25) is 0 Å². The predicted octanol–water partition coefficient (Wildman–Crippen LogP) is -0.125. The molecule has 0 spiro atoms. The SMILES string of the molecule is CCCN1C(=O)NCC1C(=O)O. The van der Waals surface area contributed by atoms with Crippen LogP contribution < -0.4 is 5.32 Å². The van der Waals surface area contributed by atoms with E-state index < -0.39 is 12.0 Å². The van der Waals surface area contributed by atoms with Gasteiger partial charge in [0, 0.05) is 6.54 Å². The lowest BCUT2D eigenvalue weighted by atomic mass is 10.3. The van der Waals surface area contributed by atoms with Crippen LogP contribution in [0.1, 0.15) is 13.3 Å². The number of hydrogen-bond acceptors (Lipinski definition) is 2. The minimum atomic E-state index is -0.943. The average molecular weight is 172 g/mol. The average Bonchev–Trinajstić information content (AvgIpc) is 2.34. The first-order chi connectivity index (χ1) is 5.66. The molecule has 0 saturated carbocycles. The number of carbonyl (C=O) groups excluding carboxylic acids is 1. The topological polar surface area (TPSA) is 69.6 Å². The number of hydrogen-bond donors (Lipinski definition) is 2. The van der Waals surface area contributed by atoms with Crippen molar-refractivity contribution in [3.8, 4) is 0 Å². The smallest absolute Gasteiger partial charge is 0.328 e. The van der Waals surface area contributed by atoms with E-state index in [1.165, 1.54) is 4.90 Å². The highest BCUT2D eigenvalue weighted by atomic mass is 16.4. The van der Waals surface area contributed by atoms with Gasteiger partial charge in [0.15, 0.2) is 0 Å². The van der Waals surface area contributed by atoms with E-state index in [9.17, 15) is 9.59 Å². The van der Waals surface area contributed by atoms with Crippen molar-refractivity contribution in [2.45, 2.75) is 19.4 Å². The van der Waals surface area contributed by atoms with Gasteiger partial charge in [-0.1, -0.05) is 6.92 Å². The van der Waals surface area contributed by atoms with Gasteiger partial charge in [-0.3, -0.25) is 0 Å². The Labute approximate surface area is 70.4 Å². The monoisotopic (exact) mass is 172 g/mol. The maximum atomic E-state index is 11.0. The normalized spacial score (nSPS) is 22.6. The van der Waals surface area contributed by atoms with Crippen molar-refractivity contribution in [2.24, 2.45) is 0 Å². The lowest BCUT2D eigenvalue weighted by molar-refractivity contribution is -0.141. The van der Waals surface area contributed by atoms with Gasteiger partial charge in [-0.2, -0.15) is 0 Å². The van der Waals surface area contributed by atoms with Crippen LogP contribution in [0.3, 0.4) is 0 Å². The van der Waals surface area contributed by atoms with Crippen molar-refractivity contribution in [1.29, 1.82) is 0 Å². The van der Waals surface area contributed by atoms with E-state index >= 15 is 0 Å². The lowest BCUT2D eigenvalue weighted by Gasteiger charge is -2.18. The molecule has 2 amide bonds. The third-order valence-electron chi connectivity index (χ3n) is 1.83. The van der Waals surface area contributed by atoms with E-state index in [2.05, 4.69) is 5.32 Å². The van der Waals surface area contributed by atoms with E-state index in [-0.39, 0.29) is 12.6 Å². The van der Waals surface area contributed by atoms with Crippen molar-refractivity contribution in [1.82, 2.24) is 10.2 Å². The number of nitrogens with one attached hydrogen (secondary N) is 1. The van der Waals surface area contributed by atoms with Crippen LogP contribution in [-0.4, -0.2) is 41.1 Å². The Balaban J connectivity index is 2.63. The predicted molar refractivity (Wildman–Crippen MR) is 41.8 cm³/mol. The summed E-state index contributed by atoms with van der Waals surface area (Å²) in [5.41, 5.74) is 0. The zero-order valence-corrected chi connectivity index (χ0v) is 6.91. The quantitative estimate of drug-likeness (QED) is 0.623. The lowest BCUT2D eigenvalue weighted by Crippen LogP contribution is -2.39. The van der Waals surface area contributed by atoms with Crippen LogP contribution in [-0.2, 0) is 4.79 Å². The summed E-state index contributed by atoms with van der Waals surface area (Å²) < 4.78 is 0. The minimum absolute atomic E-state index is 0.216. The van der Waals surface area contributed by atoms with Gasteiger partial charge in [-0.25, -0.2) is 9.59 Å². The van der Waals surface area contributed by atoms with Gasteiger partial charge >= 0.3 is 12.0 Å². The molecule has 1 fully saturated rings. The molecule has 0 bridgehead atoms.